The van der Waals surface area contributed by atoms with Crippen molar-refractivity contribution >= 4 is 5.91 Å². The first-order valence-electron chi connectivity index (χ1n) is 6.56. The highest BCUT2D eigenvalue weighted by Gasteiger charge is 2.28. The number of likely N-dealkylation sites (tertiary alicyclic amines) is 1. The molecule has 1 aliphatic rings. The summed E-state index contributed by atoms with van der Waals surface area (Å²) in [5.74, 6) is 0.0541. The van der Waals surface area contributed by atoms with Crippen molar-refractivity contribution in [2.24, 2.45) is 5.92 Å². The molecule has 2 atom stereocenters. The number of halogens is 1. The molecule has 2 unspecified atom stereocenters. The Morgan fingerprint density at radius 3 is 2.78 bits per heavy atom. The third-order valence-corrected chi connectivity index (χ3v) is 3.75. The summed E-state index contributed by atoms with van der Waals surface area (Å²) in [4.78, 5) is 14.2. The van der Waals surface area contributed by atoms with Crippen molar-refractivity contribution in [3.8, 4) is 0 Å². The lowest BCUT2D eigenvalue weighted by atomic mass is 9.92. The molecule has 0 bridgehead atoms. The molecule has 18 heavy (non-hydrogen) atoms. The van der Waals surface area contributed by atoms with E-state index in [1.54, 1.807) is 17.0 Å². The second-order valence-corrected chi connectivity index (χ2v) is 5.46. The quantitative estimate of drug-likeness (QED) is 0.747. The molecule has 0 N–H and O–H groups in total. The molecule has 1 heterocycles. The number of carbonyl (C=O) groups is 1. The zero-order chi connectivity index (χ0) is 13.3. The van der Waals surface area contributed by atoms with E-state index in [1.165, 1.54) is 6.07 Å². The monoisotopic (exact) mass is 249 g/mol. The molecule has 2 nitrogen and oxygen atoms in total. The molecule has 1 amide bonds. The van der Waals surface area contributed by atoms with E-state index < -0.39 is 5.82 Å². The van der Waals surface area contributed by atoms with Gasteiger partial charge in [0.25, 0.3) is 5.91 Å². The number of hydrogen-bond acceptors (Lipinski definition) is 1. The van der Waals surface area contributed by atoms with Gasteiger partial charge in [-0.3, -0.25) is 4.79 Å². The minimum Gasteiger partial charge on any atom is -0.336 e. The fourth-order valence-corrected chi connectivity index (χ4v) is 2.67. The number of piperidine rings is 1. The van der Waals surface area contributed by atoms with Gasteiger partial charge in [0, 0.05) is 12.6 Å². The Morgan fingerprint density at radius 2 is 2.11 bits per heavy atom. The molecule has 0 aromatic heterocycles. The number of carbonyl (C=O) groups excluding carboxylic acids is 1. The third-order valence-electron chi connectivity index (χ3n) is 3.75. The van der Waals surface area contributed by atoms with Crippen LogP contribution < -0.4 is 0 Å². The van der Waals surface area contributed by atoms with Crippen LogP contribution in [0.5, 0.6) is 0 Å². The second-order valence-electron chi connectivity index (χ2n) is 5.46. The van der Waals surface area contributed by atoms with Gasteiger partial charge >= 0.3 is 0 Å². The molecule has 0 radical (unpaired) electrons. The summed E-state index contributed by atoms with van der Waals surface area (Å²) in [6, 6.07) is 4.90. The van der Waals surface area contributed by atoms with E-state index in [0.717, 1.165) is 24.9 Å². The van der Waals surface area contributed by atoms with Gasteiger partial charge in [-0.05, 0) is 44.7 Å². The SMILES string of the molecule is Cc1ccc(F)c(C(=O)N2CCC(C)CC2C)c1. The Kier molecular flexibility index (Phi) is 3.69. The Hall–Kier alpha value is -1.38. The van der Waals surface area contributed by atoms with Crippen LogP contribution >= 0.6 is 0 Å². The molecule has 1 aromatic rings. The maximum atomic E-state index is 13.7. The smallest absolute Gasteiger partial charge is 0.257 e. The first-order valence-corrected chi connectivity index (χ1v) is 6.56. The molecule has 1 aromatic carbocycles. The van der Waals surface area contributed by atoms with Crippen LogP contribution in [0.3, 0.4) is 0 Å². The summed E-state index contributed by atoms with van der Waals surface area (Å²) in [7, 11) is 0. The minimum absolute atomic E-state index is 0.171. The molecule has 98 valence electrons. The Bertz CT molecular complexity index is 458. The number of rotatable bonds is 1. The predicted octanol–water partition coefficient (Wildman–Crippen LogP) is 3.39. The topological polar surface area (TPSA) is 20.3 Å². The van der Waals surface area contributed by atoms with Gasteiger partial charge in [-0.1, -0.05) is 18.6 Å². The lowest BCUT2D eigenvalue weighted by molar-refractivity contribution is 0.0584. The number of aryl methyl sites for hydroxylation is 1. The molecular weight excluding hydrogens is 229 g/mol. The lowest BCUT2D eigenvalue weighted by Gasteiger charge is -2.36. The second kappa shape index (κ2) is 5.09. The summed E-state index contributed by atoms with van der Waals surface area (Å²) < 4.78 is 13.7. The van der Waals surface area contributed by atoms with Crippen LogP contribution in [0.4, 0.5) is 4.39 Å². The highest BCUT2D eigenvalue weighted by molar-refractivity contribution is 5.95. The van der Waals surface area contributed by atoms with E-state index in [2.05, 4.69) is 6.92 Å². The van der Waals surface area contributed by atoms with Crippen molar-refractivity contribution in [1.29, 1.82) is 0 Å². The third kappa shape index (κ3) is 2.55. The standard InChI is InChI=1S/C15H20FNO/c1-10-4-5-14(16)13(9-10)15(18)17-7-6-11(2)8-12(17)3/h4-5,9,11-12H,6-8H2,1-3H3. The van der Waals surface area contributed by atoms with Crippen LogP contribution in [-0.4, -0.2) is 23.4 Å². The van der Waals surface area contributed by atoms with Gasteiger partial charge in [-0.25, -0.2) is 4.39 Å². The van der Waals surface area contributed by atoms with Gasteiger partial charge in [-0.2, -0.15) is 0 Å². The number of nitrogens with zero attached hydrogens (tertiary/aromatic N) is 1. The van der Waals surface area contributed by atoms with Crippen molar-refractivity contribution in [3.63, 3.8) is 0 Å². The van der Waals surface area contributed by atoms with E-state index in [0.29, 0.717) is 5.92 Å². The molecule has 0 spiro atoms. The summed E-state index contributed by atoms with van der Waals surface area (Å²) >= 11 is 0. The van der Waals surface area contributed by atoms with Crippen LogP contribution in [0.2, 0.25) is 0 Å². The van der Waals surface area contributed by atoms with Crippen molar-refractivity contribution in [1.82, 2.24) is 4.90 Å². The van der Waals surface area contributed by atoms with Crippen LogP contribution in [0.15, 0.2) is 18.2 Å². The highest BCUT2D eigenvalue weighted by atomic mass is 19.1. The summed E-state index contributed by atoms with van der Waals surface area (Å²) in [6.07, 6.45) is 2.00. The van der Waals surface area contributed by atoms with Crippen molar-refractivity contribution in [2.75, 3.05) is 6.54 Å². The fourth-order valence-electron chi connectivity index (χ4n) is 2.67. The van der Waals surface area contributed by atoms with Gasteiger partial charge in [0.05, 0.1) is 5.56 Å². The zero-order valence-corrected chi connectivity index (χ0v) is 11.2. The van der Waals surface area contributed by atoms with E-state index >= 15 is 0 Å². The maximum Gasteiger partial charge on any atom is 0.257 e. The van der Waals surface area contributed by atoms with E-state index in [1.807, 2.05) is 13.8 Å². The van der Waals surface area contributed by atoms with Crippen molar-refractivity contribution in [2.45, 2.75) is 39.7 Å². The lowest BCUT2D eigenvalue weighted by Crippen LogP contribution is -2.44. The Labute approximate surface area is 108 Å². The molecule has 1 fully saturated rings. The normalized spacial score (nSPS) is 24.1. The summed E-state index contributed by atoms with van der Waals surface area (Å²) in [6.45, 7) is 6.85. The minimum atomic E-state index is -0.420. The first-order chi connectivity index (χ1) is 8.49. The molecular formula is C15H20FNO. The summed E-state index contributed by atoms with van der Waals surface area (Å²) in [5, 5.41) is 0. The van der Waals surface area contributed by atoms with Crippen LogP contribution in [-0.2, 0) is 0 Å². The average Bonchev–Trinajstić information content (AvgIpc) is 2.31. The predicted molar refractivity (Wildman–Crippen MR) is 70.0 cm³/mol. The van der Waals surface area contributed by atoms with Gasteiger partial charge < -0.3 is 4.90 Å². The van der Waals surface area contributed by atoms with Crippen LogP contribution in [0, 0.1) is 18.7 Å². The average molecular weight is 249 g/mol. The Balaban J connectivity index is 2.23. The molecule has 1 saturated heterocycles. The molecule has 3 heteroatoms. The zero-order valence-electron chi connectivity index (χ0n) is 11.2. The fraction of sp³-hybridized carbons (Fsp3) is 0.533. The van der Waals surface area contributed by atoms with Crippen LogP contribution in [0.1, 0.15) is 42.6 Å². The van der Waals surface area contributed by atoms with E-state index in [9.17, 15) is 9.18 Å². The molecule has 1 aliphatic heterocycles. The van der Waals surface area contributed by atoms with E-state index in [-0.39, 0.29) is 17.5 Å². The van der Waals surface area contributed by atoms with Gasteiger partial charge in [0.1, 0.15) is 5.82 Å². The van der Waals surface area contributed by atoms with Gasteiger partial charge in [0.15, 0.2) is 0 Å². The summed E-state index contributed by atoms with van der Waals surface area (Å²) in [5.41, 5.74) is 1.12. The number of amides is 1. The molecule has 0 saturated carbocycles. The largest absolute Gasteiger partial charge is 0.336 e. The van der Waals surface area contributed by atoms with Gasteiger partial charge in [0.2, 0.25) is 0 Å². The van der Waals surface area contributed by atoms with Crippen molar-refractivity contribution < 1.29 is 9.18 Å². The first kappa shape index (κ1) is 13.1. The number of benzene rings is 1. The van der Waals surface area contributed by atoms with E-state index in [4.69, 9.17) is 0 Å². The van der Waals surface area contributed by atoms with Crippen LogP contribution in [0.25, 0.3) is 0 Å². The highest BCUT2D eigenvalue weighted by Crippen LogP contribution is 2.24. The number of hydrogen-bond donors (Lipinski definition) is 0. The van der Waals surface area contributed by atoms with Gasteiger partial charge in [-0.15, -0.1) is 0 Å². The van der Waals surface area contributed by atoms with Crippen molar-refractivity contribution in [3.05, 3.63) is 35.1 Å². The molecule has 2 rings (SSSR count). The maximum absolute atomic E-state index is 13.7. The Morgan fingerprint density at radius 1 is 1.39 bits per heavy atom. The molecule has 0 aliphatic carbocycles.